The van der Waals surface area contributed by atoms with Crippen molar-refractivity contribution >= 4 is 29.3 Å². The minimum Gasteiger partial charge on any atom is -0.395 e. The first-order valence-electron chi connectivity index (χ1n) is 5.08. The molecule has 90 valence electrons. The molecule has 1 rings (SSSR count). The van der Waals surface area contributed by atoms with E-state index < -0.39 is 0 Å². The van der Waals surface area contributed by atoms with Crippen LogP contribution in [0.4, 0.5) is 5.95 Å². The number of halogens is 1. The number of aliphatic hydroxyl groups is 1. The summed E-state index contributed by atoms with van der Waals surface area (Å²) in [5.74, 6) is 0.481. The molecule has 0 spiro atoms. The van der Waals surface area contributed by atoms with Crippen molar-refractivity contribution in [3.05, 3.63) is 5.28 Å². The average molecular weight is 263 g/mol. The number of nitrogens with one attached hydrogen (secondary N) is 1. The smallest absolute Gasteiger partial charge is 0.228 e. The Kier molecular flexibility index (Phi) is 5.79. The van der Waals surface area contributed by atoms with Crippen LogP contribution in [-0.4, -0.2) is 38.5 Å². The maximum atomic E-state index is 8.94. The molecule has 1 unspecified atom stereocenters. The normalized spacial score (nSPS) is 12.5. The molecule has 16 heavy (non-hydrogen) atoms. The van der Waals surface area contributed by atoms with Gasteiger partial charge in [-0.1, -0.05) is 25.6 Å². The number of aromatic nitrogens is 3. The molecule has 0 bridgehead atoms. The van der Waals surface area contributed by atoms with Gasteiger partial charge in [-0.2, -0.15) is 15.0 Å². The summed E-state index contributed by atoms with van der Waals surface area (Å²) in [6.45, 7) is 4.81. The monoisotopic (exact) mass is 262 g/mol. The van der Waals surface area contributed by atoms with Crippen LogP contribution in [0.5, 0.6) is 0 Å². The first kappa shape index (κ1) is 13.5. The first-order valence-corrected chi connectivity index (χ1v) is 6.34. The Labute approximate surface area is 104 Å². The van der Waals surface area contributed by atoms with Gasteiger partial charge in [-0.05, 0) is 18.0 Å². The molecule has 5 nitrogen and oxygen atoms in total. The van der Waals surface area contributed by atoms with Crippen LogP contribution in [-0.2, 0) is 0 Å². The SMILES string of the molecule is CCCNc1nc(Cl)nc(SC(C)CO)n1. The van der Waals surface area contributed by atoms with Gasteiger partial charge in [0, 0.05) is 11.8 Å². The van der Waals surface area contributed by atoms with Gasteiger partial charge in [-0.25, -0.2) is 0 Å². The van der Waals surface area contributed by atoms with Gasteiger partial charge in [0.05, 0.1) is 6.61 Å². The van der Waals surface area contributed by atoms with E-state index in [4.69, 9.17) is 16.7 Å². The third-order valence-corrected chi connectivity index (χ3v) is 2.80. The van der Waals surface area contributed by atoms with E-state index in [1.165, 1.54) is 11.8 Å². The lowest BCUT2D eigenvalue weighted by Crippen LogP contribution is -2.08. The van der Waals surface area contributed by atoms with E-state index in [0.717, 1.165) is 13.0 Å². The molecule has 1 aromatic rings. The Morgan fingerprint density at radius 1 is 1.44 bits per heavy atom. The molecule has 1 atom stereocenters. The summed E-state index contributed by atoms with van der Waals surface area (Å²) >= 11 is 7.15. The largest absolute Gasteiger partial charge is 0.395 e. The molecule has 0 aliphatic rings. The molecule has 0 fully saturated rings. The highest BCUT2D eigenvalue weighted by Gasteiger charge is 2.09. The molecular formula is C9H15ClN4OS. The highest BCUT2D eigenvalue weighted by molar-refractivity contribution is 7.99. The van der Waals surface area contributed by atoms with Gasteiger partial charge in [-0.3, -0.25) is 0 Å². The summed E-state index contributed by atoms with van der Waals surface area (Å²) in [4.78, 5) is 12.1. The van der Waals surface area contributed by atoms with Crippen molar-refractivity contribution < 1.29 is 5.11 Å². The number of hydrogen-bond donors (Lipinski definition) is 2. The lowest BCUT2D eigenvalue weighted by molar-refractivity contribution is 0.300. The van der Waals surface area contributed by atoms with Crippen LogP contribution in [0.1, 0.15) is 20.3 Å². The summed E-state index contributed by atoms with van der Waals surface area (Å²) in [6, 6.07) is 0. The molecule has 7 heteroatoms. The zero-order valence-corrected chi connectivity index (χ0v) is 10.8. The fourth-order valence-electron chi connectivity index (χ4n) is 0.918. The number of anilines is 1. The van der Waals surface area contributed by atoms with Crippen molar-refractivity contribution in [2.45, 2.75) is 30.7 Å². The van der Waals surface area contributed by atoms with Crippen molar-refractivity contribution in [3.8, 4) is 0 Å². The molecule has 1 heterocycles. The maximum Gasteiger partial charge on any atom is 0.228 e. The van der Waals surface area contributed by atoms with Crippen LogP contribution >= 0.6 is 23.4 Å². The maximum absolute atomic E-state index is 8.94. The molecule has 1 aromatic heterocycles. The zero-order valence-electron chi connectivity index (χ0n) is 9.27. The molecule has 0 saturated heterocycles. The van der Waals surface area contributed by atoms with Crippen molar-refractivity contribution in [2.75, 3.05) is 18.5 Å². The minimum atomic E-state index is 0.0393. The molecule has 0 radical (unpaired) electrons. The third kappa shape index (κ3) is 4.51. The molecule has 0 saturated carbocycles. The molecule has 0 aromatic carbocycles. The fraction of sp³-hybridized carbons (Fsp3) is 0.667. The summed E-state index contributed by atoms with van der Waals surface area (Å²) in [5.41, 5.74) is 0. The van der Waals surface area contributed by atoms with E-state index in [9.17, 15) is 0 Å². The quantitative estimate of drug-likeness (QED) is 0.762. The van der Waals surface area contributed by atoms with Crippen LogP contribution in [0, 0.1) is 0 Å². The minimum absolute atomic E-state index is 0.0393. The van der Waals surface area contributed by atoms with Gasteiger partial charge in [0.1, 0.15) is 0 Å². The van der Waals surface area contributed by atoms with Gasteiger partial charge in [0.25, 0.3) is 0 Å². The van der Waals surface area contributed by atoms with Gasteiger partial charge in [0.2, 0.25) is 11.2 Å². The van der Waals surface area contributed by atoms with E-state index in [0.29, 0.717) is 11.1 Å². The van der Waals surface area contributed by atoms with Crippen molar-refractivity contribution in [1.29, 1.82) is 0 Å². The molecule has 2 N–H and O–H groups in total. The van der Waals surface area contributed by atoms with E-state index in [1.54, 1.807) is 0 Å². The van der Waals surface area contributed by atoms with E-state index in [1.807, 2.05) is 6.92 Å². The Hall–Kier alpha value is -0.590. The van der Waals surface area contributed by atoms with Gasteiger partial charge >= 0.3 is 0 Å². The Bertz CT molecular complexity index is 339. The van der Waals surface area contributed by atoms with Gasteiger partial charge in [0.15, 0.2) is 5.16 Å². The topological polar surface area (TPSA) is 70.9 Å². The molecule has 0 aliphatic carbocycles. The lowest BCUT2D eigenvalue weighted by atomic mass is 10.5. The van der Waals surface area contributed by atoms with Crippen LogP contribution < -0.4 is 5.32 Å². The van der Waals surface area contributed by atoms with E-state index >= 15 is 0 Å². The van der Waals surface area contributed by atoms with Gasteiger partial charge < -0.3 is 10.4 Å². The van der Waals surface area contributed by atoms with Crippen LogP contribution in [0.3, 0.4) is 0 Å². The second-order valence-electron chi connectivity index (χ2n) is 3.25. The summed E-state index contributed by atoms with van der Waals surface area (Å²) in [7, 11) is 0. The molecule has 0 aliphatic heterocycles. The number of nitrogens with zero attached hydrogens (tertiary/aromatic N) is 3. The number of aliphatic hydroxyl groups excluding tert-OH is 1. The summed E-state index contributed by atoms with van der Waals surface area (Å²) in [5, 5.41) is 12.7. The molecular weight excluding hydrogens is 248 g/mol. The Morgan fingerprint density at radius 3 is 2.81 bits per heavy atom. The predicted molar refractivity (Wildman–Crippen MR) is 66.0 cm³/mol. The Balaban J connectivity index is 2.73. The number of thioether (sulfide) groups is 1. The van der Waals surface area contributed by atoms with E-state index in [2.05, 4.69) is 27.2 Å². The van der Waals surface area contributed by atoms with Gasteiger partial charge in [-0.15, -0.1) is 0 Å². The van der Waals surface area contributed by atoms with Crippen LogP contribution in [0.15, 0.2) is 5.16 Å². The predicted octanol–water partition coefficient (Wildman–Crippen LogP) is 1.82. The highest BCUT2D eigenvalue weighted by Crippen LogP contribution is 2.20. The number of hydrogen-bond acceptors (Lipinski definition) is 6. The van der Waals surface area contributed by atoms with Crippen molar-refractivity contribution in [1.82, 2.24) is 15.0 Å². The second kappa shape index (κ2) is 6.88. The Morgan fingerprint density at radius 2 is 2.19 bits per heavy atom. The molecule has 0 amide bonds. The highest BCUT2D eigenvalue weighted by atomic mass is 35.5. The zero-order chi connectivity index (χ0) is 12.0. The van der Waals surface area contributed by atoms with Crippen molar-refractivity contribution in [2.24, 2.45) is 0 Å². The first-order chi connectivity index (χ1) is 7.65. The summed E-state index contributed by atoms with van der Waals surface area (Å²) < 4.78 is 0. The average Bonchev–Trinajstić information content (AvgIpc) is 2.25. The summed E-state index contributed by atoms with van der Waals surface area (Å²) in [6.07, 6.45) is 0.985. The fourth-order valence-corrected chi connectivity index (χ4v) is 1.84. The van der Waals surface area contributed by atoms with Crippen LogP contribution in [0.25, 0.3) is 0 Å². The second-order valence-corrected chi connectivity index (χ2v) is 4.99. The van der Waals surface area contributed by atoms with Crippen molar-refractivity contribution in [3.63, 3.8) is 0 Å². The number of rotatable bonds is 6. The van der Waals surface area contributed by atoms with E-state index in [-0.39, 0.29) is 17.1 Å². The lowest BCUT2D eigenvalue weighted by Gasteiger charge is -2.08. The third-order valence-electron chi connectivity index (χ3n) is 1.68. The van der Waals surface area contributed by atoms with Crippen LogP contribution in [0.2, 0.25) is 5.28 Å². The standard InChI is InChI=1S/C9H15ClN4OS/c1-3-4-11-8-12-7(10)13-9(14-8)16-6(2)5-15/h6,15H,3-5H2,1-2H3,(H,11,12,13,14).